The number of aldehydes is 1. The van der Waals surface area contributed by atoms with E-state index in [1.165, 1.54) is 11.9 Å². The van der Waals surface area contributed by atoms with Crippen molar-refractivity contribution in [3.05, 3.63) is 42.0 Å². The van der Waals surface area contributed by atoms with Gasteiger partial charge in [0.05, 0.1) is 11.8 Å². The molecule has 27 heavy (non-hydrogen) atoms. The first-order chi connectivity index (χ1) is 13.0. The summed E-state index contributed by atoms with van der Waals surface area (Å²) in [6.07, 6.45) is 5.76. The van der Waals surface area contributed by atoms with Crippen molar-refractivity contribution in [3.63, 3.8) is 0 Å². The average Bonchev–Trinajstić information content (AvgIpc) is 2.63. The highest BCUT2D eigenvalue weighted by atomic mass is 16.3. The van der Waals surface area contributed by atoms with Gasteiger partial charge in [0.15, 0.2) is 0 Å². The van der Waals surface area contributed by atoms with Gasteiger partial charge in [-0.25, -0.2) is 10.4 Å². The van der Waals surface area contributed by atoms with Gasteiger partial charge in [-0.2, -0.15) is 0 Å². The van der Waals surface area contributed by atoms with Gasteiger partial charge in [0.2, 0.25) is 5.91 Å². The Bertz CT molecular complexity index is 671. The number of unbranched alkanes of at least 4 members (excludes halogenated alkanes) is 3. The fraction of sp³-hybridized carbons (Fsp3) is 0.455. The monoisotopic (exact) mass is 370 g/mol. The molecule has 1 atom stereocenters. The van der Waals surface area contributed by atoms with Crippen LogP contribution < -0.4 is 10.4 Å². The first-order valence-corrected chi connectivity index (χ1v) is 9.36. The molecule has 0 heterocycles. The number of hydrogen-bond acceptors (Lipinski definition) is 4. The van der Waals surface area contributed by atoms with Crippen molar-refractivity contribution in [2.75, 3.05) is 5.01 Å². The number of benzene rings is 1. The van der Waals surface area contributed by atoms with E-state index in [0.717, 1.165) is 43.1 Å². The van der Waals surface area contributed by atoms with Crippen molar-refractivity contribution in [3.8, 4) is 12.0 Å². The number of amides is 1. The number of carbonyl (C=O) groups excluding carboxylic acids is 2. The maximum atomic E-state index is 11.9. The van der Waals surface area contributed by atoms with Crippen LogP contribution in [0, 0.1) is 12.0 Å². The molecule has 5 nitrogen and oxygen atoms in total. The first-order valence-electron chi connectivity index (χ1n) is 9.36. The number of aliphatic hydroxyl groups excluding tert-OH is 1. The van der Waals surface area contributed by atoms with Crippen LogP contribution in [0.25, 0.3) is 0 Å². The summed E-state index contributed by atoms with van der Waals surface area (Å²) in [5, 5.41) is 11.6. The summed E-state index contributed by atoms with van der Waals surface area (Å²) in [7, 11) is 0. The Morgan fingerprint density at radius 1 is 1.26 bits per heavy atom. The van der Waals surface area contributed by atoms with Crippen LogP contribution in [-0.2, 0) is 9.59 Å². The van der Waals surface area contributed by atoms with Crippen LogP contribution >= 0.6 is 0 Å². The van der Waals surface area contributed by atoms with Gasteiger partial charge < -0.3 is 9.90 Å². The molecule has 0 bridgehead atoms. The molecule has 0 spiro atoms. The molecule has 0 aromatic heterocycles. The van der Waals surface area contributed by atoms with E-state index in [9.17, 15) is 14.7 Å². The SMILES string of the molecule is C=C(C)CCCC(O)c1ccc(N(NC#CCCCCC=O)C(C)=O)cc1. The van der Waals surface area contributed by atoms with Gasteiger partial charge in [-0.1, -0.05) is 23.6 Å². The number of hydrogen-bond donors (Lipinski definition) is 2. The van der Waals surface area contributed by atoms with E-state index < -0.39 is 6.10 Å². The second kappa shape index (κ2) is 12.7. The van der Waals surface area contributed by atoms with E-state index >= 15 is 0 Å². The lowest BCUT2D eigenvalue weighted by atomic mass is 10.0. The molecule has 0 aliphatic heterocycles. The summed E-state index contributed by atoms with van der Waals surface area (Å²) in [6.45, 7) is 7.31. The van der Waals surface area contributed by atoms with Gasteiger partial charge in [0.1, 0.15) is 6.29 Å². The molecular formula is C22H30N2O3. The minimum absolute atomic E-state index is 0.181. The van der Waals surface area contributed by atoms with Gasteiger partial charge in [-0.15, -0.1) is 6.58 Å². The summed E-state index contributed by atoms with van der Waals surface area (Å²) in [6, 6.07) is 10.0. The fourth-order valence-corrected chi connectivity index (χ4v) is 2.53. The predicted molar refractivity (Wildman–Crippen MR) is 109 cm³/mol. The molecule has 1 amide bonds. The highest BCUT2D eigenvalue weighted by Crippen LogP contribution is 2.23. The van der Waals surface area contributed by atoms with Crippen LogP contribution in [0.4, 0.5) is 5.69 Å². The van der Waals surface area contributed by atoms with Crippen molar-refractivity contribution < 1.29 is 14.7 Å². The standard InChI is InChI=1S/C22H30N2O3/c1-18(2)10-9-11-22(27)20-12-14-21(15-13-20)24(19(3)26)23-16-7-5-4-6-8-17-25/h12-15,17,22-23,27H,1,4-6,8-11H2,2-3H3. The van der Waals surface area contributed by atoms with Crippen LogP contribution in [0.1, 0.15) is 70.5 Å². The normalized spacial score (nSPS) is 11.1. The highest BCUT2D eigenvalue weighted by molar-refractivity contribution is 5.90. The van der Waals surface area contributed by atoms with E-state index in [2.05, 4.69) is 24.0 Å². The third-order valence-electron chi connectivity index (χ3n) is 4.06. The Morgan fingerprint density at radius 2 is 1.96 bits per heavy atom. The third-order valence-corrected chi connectivity index (χ3v) is 4.06. The van der Waals surface area contributed by atoms with E-state index in [0.29, 0.717) is 24.9 Å². The van der Waals surface area contributed by atoms with Crippen LogP contribution in [0.15, 0.2) is 36.4 Å². The molecule has 2 N–H and O–H groups in total. The minimum Gasteiger partial charge on any atom is -0.388 e. The van der Waals surface area contributed by atoms with E-state index in [-0.39, 0.29) is 5.91 Å². The quantitative estimate of drug-likeness (QED) is 0.154. The third kappa shape index (κ3) is 9.07. The van der Waals surface area contributed by atoms with Crippen molar-refractivity contribution in [1.29, 1.82) is 0 Å². The second-order valence-corrected chi connectivity index (χ2v) is 6.64. The van der Waals surface area contributed by atoms with Crippen LogP contribution in [-0.4, -0.2) is 17.3 Å². The lowest BCUT2D eigenvalue weighted by Crippen LogP contribution is -2.38. The zero-order chi connectivity index (χ0) is 20.1. The number of allylic oxidation sites excluding steroid dienone is 1. The molecule has 1 unspecified atom stereocenters. The Morgan fingerprint density at radius 3 is 2.56 bits per heavy atom. The molecule has 0 fully saturated rings. The molecule has 5 heteroatoms. The molecule has 146 valence electrons. The number of hydrazine groups is 1. The average molecular weight is 370 g/mol. The smallest absolute Gasteiger partial charge is 0.243 e. The number of nitrogens with zero attached hydrogens (tertiary/aromatic N) is 1. The fourth-order valence-electron chi connectivity index (χ4n) is 2.53. The topological polar surface area (TPSA) is 69.6 Å². The van der Waals surface area contributed by atoms with Crippen molar-refractivity contribution >= 4 is 17.9 Å². The molecule has 0 saturated carbocycles. The van der Waals surface area contributed by atoms with Crippen LogP contribution in [0.3, 0.4) is 0 Å². The van der Waals surface area contributed by atoms with Crippen molar-refractivity contribution in [1.82, 2.24) is 5.43 Å². The highest BCUT2D eigenvalue weighted by Gasteiger charge is 2.12. The molecule has 1 rings (SSSR count). The van der Waals surface area contributed by atoms with Gasteiger partial charge >= 0.3 is 0 Å². The summed E-state index contributed by atoms with van der Waals surface area (Å²) in [5.41, 5.74) is 5.41. The van der Waals surface area contributed by atoms with Gasteiger partial charge in [0, 0.05) is 25.8 Å². The second-order valence-electron chi connectivity index (χ2n) is 6.64. The van der Waals surface area contributed by atoms with Gasteiger partial charge in [-0.05, 0) is 56.7 Å². The van der Waals surface area contributed by atoms with E-state index in [4.69, 9.17) is 0 Å². The molecule has 1 aromatic rings. The summed E-state index contributed by atoms with van der Waals surface area (Å²) >= 11 is 0. The predicted octanol–water partition coefficient (Wildman–Crippen LogP) is 4.04. The molecule has 0 saturated heterocycles. The zero-order valence-electron chi connectivity index (χ0n) is 16.3. The zero-order valence-corrected chi connectivity index (χ0v) is 16.3. The molecule has 1 aromatic carbocycles. The molecular weight excluding hydrogens is 340 g/mol. The number of anilines is 1. The summed E-state index contributed by atoms with van der Waals surface area (Å²) in [4.78, 5) is 22.1. The number of aliphatic hydroxyl groups is 1. The van der Waals surface area contributed by atoms with Crippen molar-refractivity contribution in [2.45, 2.75) is 64.9 Å². The summed E-state index contributed by atoms with van der Waals surface area (Å²) < 4.78 is 0. The van der Waals surface area contributed by atoms with Crippen LogP contribution in [0.2, 0.25) is 0 Å². The lowest BCUT2D eigenvalue weighted by molar-refractivity contribution is -0.117. The maximum Gasteiger partial charge on any atom is 0.243 e. The Hall–Kier alpha value is -2.58. The minimum atomic E-state index is -0.525. The number of rotatable bonds is 11. The lowest BCUT2D eigenvalue weighted by Gasteiger charge is -2.20. The number of carbonyl (C=O) groups is 2. The first kappa shape index (κ1) is 22.5. The Balaban J connectivity index is 2.60. The van der Waals surface area contributed by atoms with E-state index in [1.807, 2.05) is 19.1 Å². The van der Waals surface area contributed by atoms with Gasteiger partial charge in [-0.3, -0.25) is 4.79 Å². The summed E-state index contributed by atoms with van der Waals surface area (Å²) in [5.74, 6) is 2.76. The van der Waals surface area contributed by atoms with Crippen LogP contribution in [0.5, 0.6) is 0 Å². The maximum absolute atomic E-state index is 11.9. The largest absolute Gasteiger partial charge is 0.388 e. The Labute approximate surface area is 162 Å². The molecule has 0 aliphatic carbocycles. The number of nitrogens with one attached hydrogen (secondary N) is 1. The van der Waals surface area contributed by atoms with Crippen molar-refractivity contribution in [2.24, 2.45) is 0 Å². The van der Waals surface area contributed by atoms with Gasteiger partial charge in [0.25, 0.3) is 0 Å². The Kier molecular flexibility index (Phi) is 10.6. The molecule has 0 radical (unpaired) electrons. The molecule has 0 aliphatic rings. The van der Waals surface area contributed by atoms with E-state index in [1.54, 1.807) is 12.1 Å².